The van der Waals surface area contributed by atoms with Gasteiger partial charge in [-0.1, -0.05) is 0 Å². The summed E-state index contributed by atoms with van der Waals surface area (Å²) in [4.78, 5) is 49.9. The Labute approximate surface area is 258 Å². The lowest BCUT2D eigenvalue weighted by Gasteiger charge is -2.35. The quantitative estimate of drug-likeness (QED) is 0.117. The number of aliphatic hydroxyl groups excluding tert-OH is 3. The number of pyridine rings is 3. The number of rotatable bonds is 15. The summed E-state index contributed by atoms with van der Waals surface area (Å²) in [5.74, 6) is -3.84. The van der Waals surface area contributed by atoms with Crippen LogP contribution in [0.15, 0.2) is 36.4 Å². The van der Waals surface area contributed by atoms with E-state index in [1.807, 2.05) is 0 Å². The lowest BCUT2D eigenvalue weighted by Crippen LogP contribution is -2.23. The molecular formula is C30H36N6O9. The number of aromatic nitrogens is 3. The molecule has 3 aromatic heterocycles. The molecule has 0 saturated heterocycles. The van der Waals surface area contributed by atoms with Crippen molar-refractivity contribution in [2.24, 2.45) is 0 Å². The summed E-state index contributed by atoms with van der Waals surface area (Å²) < 4.78 is 0. The Morgan fingerprint density at radius 1 is 0.533 bits per heavy atom. The number of aliphatic hydroxyl groups is 3. The van der Waals surface area contributed by atoms with Gasteiger partial charge in [0, 0.05) is 54.5 Å². The monoisotopic (exact) mass is 624 g/mol. The molecule has 240 valence electrons. The van der Waals surface area contributed by atoms with E-state index in [1.165, 1.54) is 36.4 Å². The van der Waals surface area contributed by atoms with E-state index < -0.39 is 17.9 Å². The number of anilines is 3. The number of hydrogen-bond donors (Lipinski definition) is 9. The molecule has 9 N–H and O–H groups in total. The molecule has 45 heavy (non-hydrogen) atoms. The standard InChI is InChI=1S/C30H36N6O9/c37-4-1-31-25-13-19(28(40)41)10-22(34-25)16-7-17(23-11-20(29(42)43)14-26(35-23)32-2-5-38)9-18(8-16)24-12-21(30(44)45)15-27(36-24)33-3-6-39/h10-18,37-39H,1-9H2,(H,31,34)(H,32,35)(H,33,36)(H,40,41)(H,42,43)(H,44,45). The van der Waals surface area contributed by atoms with Gasteiger partial charge >= 0.3 is 17.9 Å². The number of hydrogen-bond acceptors (Lipinski definition) is 12. The van der Waals surface area contributed by atoms with Gasteiger partial charge in [-0.2, -0.15) is 0 Å². The molecule has 3 aromatic rings. The van der Waals surface area contributed by atoms with Crippen molar-refractivity contribution in [3.05, 3.63) is 70.2 Å². The van der Waals surface area contributed by atoms with Gasteiger partial charge in [-0.3, -0.25) is 0 Å². The fourth-order valence-electron chi connectivity index (χ4n) is 5.52. The number of carbonyl (C=O) groups is 3. The van der Waals surface area contributed by atoms with Crippen LogP contribution in [0.3, 0.4) is 0 Å². The maximum Gasteiger partial charge on any atom is 0.335 e. The average Bonchev–Trinajstić information content (AvgIpc) is 3.04. The number of carboxylic acid groups (broad SMARTS) is 3. The summed E-state index contributed by atoms with van der Waals surface area (Å²) in [5, 5.41) is 66.0. The van der Waals surface area contributed by atoms with Crippen LogP contribution >= 0.6 is 0 Å². The zero-order valence-electron chi connectivity index (χ0n) is 24.3. The van der Waals surface area contributed by atoms with E-state index in [0.29, 0.717) is 36.3 Å². The van der Waals surface area contributed by atoms with Crippen LogP contribution in [0.4, 0.5) is 17.5 Å². The molecule has 0 radical (unpaired) electrons. The van der Waals surface area contributed by atoms with E-state index >= 15 is 0 Å². The Bertz CT molecular complexity index is 1350. The van der Waals surface area contributed by atoms with Crippen molar-refractivity contribution in [1.82, 2.24) is 15.0 Å². The molecule has 1 saturated carbocycles. The lowest BCUT2D eigenvalue weighted by atomic mass is 9.71. The minimum absolute atomic E-state index is 0.0120. The Hall–Kier alpha value is -4.86. The van der Waals surface area contributed by atoms with E-state index in [2.05, 4.69) is 30.9 Å². The summed E-state index contributed by atoms with van der Waals surface area (Å²) in [5.41, 5.74) is 1.31. The third-order valence-electron chi connectivity index (χ3n) is 7.49. The summed E-state index contributed by atoms with van der Waals surface area (Å²) >= 11 is 0. The van der Waals surface area contributed by atoms with Crippen molar-refractivity contribution in [3.63, 3.8) is 0 Å². The molecule has 0 aromatic carbocycles. The van der Waals surface area contributed by atoms with E-state index in [9.17, 15) is 45.0 Å². The van der Waals surface area contributed by atoms with Crippen molar-refractivity contribution < 1.29 is 45.0 Å². The highest BCUT2D eigenvalue weighted by atomic mass is 16.4. The van der Waals surface area contributed by atoms with Crippen molar-refractivity contribution in [3.8, 4) is 0 Å². The van der Waals surface area contributed by atoms with Gasteiger partial charge < -0.3 is 46.6 Å². The minimum atomic E-state index is -1.17. The molecule has 1 fully saturated rings. The number of nitrogens with one attached hydrogen (secondary N) is 3. The minimum Gasteiger partial charge on any atom is -0.478 e. The third-order valence-corrected chi connectivity index (χ3v) is 7.49. The molecule has 0 atom stereocenters. The van der Waals surface area contributed by atoms with Crippen LogP contribution in [0.25, 0.3) is 0 Å². The summed E-state index contributed by atoms with van der Waals surface area (Å²) in [6, 6.07) is 8.53. The van der Waals surface area contributed by atoms with Crippen molar-refractivity contribution in [2.45, 2.75) is 37.0 Å². The molecule has 1 aliphatic carbocycles. The highest BCUT2D eigenvalue weighted by Crippen LogP contribution is 2.47. The molecular weight excluding hydrogens is 588 g/mol. The first-order chi connectivity index (χ1) is 21.6. The SMILES string of the molecule is O=C(O)c1cc(NCCO)nc(C2CC(c3cc(C(=O)O)cc(NCCO)n3)CC(c3cc(C(=O)O)cc(NCCO)n3)C2)c1. The van der Waals surface area contributed by atoms with Crippen LogP contribution in [-0.4, -0.2) is 103 Å². The van der Waals surface area contributed by atoms with E-state index in [4.69, 9.17) is 0 Å². The highest BCUT2D eigenvalue weighted by molar-refractivity contribution is 5.89. The second kappa shape index (κ2) is 15.2. The van der Waals surface area contributed by atoms with Crippen LogP contribution in [0.1, 0.15) is 85.2 Å². The maximum atomic E-state index is 12.0. The summed E-state index contributed by atoms with van der Waals surface area (Å²) in [7, 11) is 0. The molecule has 0 bridgehead atoms. The Kier molecular flexibility index (Phi) is 11.2. The fraction of sp³-hybridized carbons (Fsp3) is 0.400. The van der Waals surface area contributed by atoms with Crippen molar-refractivity contribution >= 4 is 35.4 Å². The van der Waals surface area contributed by atoms with Crippen LogP contribution in [0, 0.1) is 0 Å². The normalized spacial score (nSPS) is 17.8. The van der Waals surface area contributed by atoms with Crippen LogP contribution in [0.5, 0.6) is 0 Å². The largest absolute Gasteiger partial charge is 0.478 e. The first kappa shape index (κ1) is 33.0. The molecule has 0 amide bonds. The number of aromatic carboxylic acids is 3. The van der Waals surface area contributed by atoms with Crippen LogP contribution < -0.4 is 16.0 Å². The van der Waals surface area contributed by atoms with Gasteiger partial charge in [-0.25, -0.2) is 29.3 Å². The molecule has 15 nitrogen and oxygen atoms in total. The predicted molar refractivity (Wildman–Crippen MR) is 162 cm³/mol. The maximum absolute atomic E-state index is 12.0. The second-order valence-corrected chi connectivity index (χ2v) is 10.7. The molecule has 0 aliphatic heterocycles. The van der Waals surface area contributed by atoms with Gasteiger partial charge in [0.2, 0.25) is 0 Å². The summed E-state index contributed by atoms with van der Waals surface area (Å²) in [6.07, 6.45) is 1.24. The first-order valence-electron chi connectivity index (χ1n) is 14.4. The van der Waals surface area contributed by atoms with Crippen LogP contribution in [0.2, 0.25) is 0 Å². The topological polar surface area (TPSA) is 247 Å². The average molecular weight is 625 g/mol. The number of carboxylic acids is 3. The van der Waals surface area contributed by atoms with E-state index in [0.717, 1.165) is 0 Å². The van der Waals surface area contributed by atoms with Gasteiger partial charge in [0.15, 0.2) is 0 Å². The lowest BCUT2D eigenvalue weighted by molar-refractivity contribution is 0.0686. The van der Waals surface area contributed by atoms with Gasteiger partial charge in [-0.15, -0.1) is 0 Å². The van der Waals surface area contributed by atoms with Gasteiger partial charge in [0.25, 0.3) is 0 Å². The molecule has 0 unspecified atom stereocenters. The van der Waals surface area contributed by atoms with Crippen molar-refractivity contribution in [1.29, 1.82) is 0 Å². The zero-order chi connectivity index (χ0) is 32.5. The van der Waals surface area contributed by atoms with Crippen LogP contribution in [-0.2, 0) is 0 Å². The smallest absolute Gasteiger partial charge is 0.335 e. The highest BCUT2D eigenvalue weighted by Gasteiger charge is 2.35. The van der Waals surface area contributed by atoms with Gasteiger partial charge in [-0.05, 0) is 55.7 Å². The zero-order valence-corrected chi connectivity index (χ0v) is 24.3. The van der Waals surface area contributed by atoms with E-state index in [1.54, 1.807) is 0 Å². The van der Waals surface area contributed by atoms with Crippen molar-refractivity contribution in [2.75, 3.05) is 55.4 Å². The van der Waals surface area contributed by atoms with Gasteiger partial charge in [0.05, 0.1) is 36.5 Å². The van der Waals surface area contributed by atoms with Gasteiger partial charge in [0.1, 0.15) is 17.5 Å². The molecule has 4 rings (SSSR count). The summed E-state index contributed by atoms with van der Waals surface area (Å²) in [6.45, 7) is -0.140. The molecule has 1 aliphatic rings. The third kappa shape index (κ3) is 8.62. The molecule has 3 heterocycles. The fourth-order valence-corrected chi connectivity index (χ4v) is 5.52. The van der Waals surface area contributed by atoms with E-state index in [-0.39, 0.29) is 91.4 Å². The second-order valence-electron chi connectivity index (χ2n) is 10.7. The number of nitrogens with zero attached hydrogens (tertiary/aromatic N) is 3. The molecule has 15 heteroatoms. The first-order valence-corrected chi connectivity index (χ1v) is 14.4. The molecule has 0 spiro atoms. The Balaban J connectivity index is 1.83. The Morgan fingerprint density at radius 2 is 0.800 bits per heavy atom. The predicted octanol–water partition coefficient (Wildman–Crippen LogP) is 2.01. The Morgan fingerprint density at radius 3 is 1.02 bits per heavy atom.